The molecular weight excluding hydrogens is 438 g/mol. The maximum atomic E-state index is 13.0. The second-order valence-electron chi connectivity index (χ2n) is 9.34. The van der Waals surface area contributed by atoms with E-state index in [0.29, 0.717) is 17.7 Å². The number of hydrogen-bond donors (Lipinski definition) is 0. The predicted octanol–water partition coefficient (Wildman–Crippen LogP) is 5.54. The second kappa shape index (κ2) is 9.88. The summed E-state index contributed by atoms with van der Waals surface area (Å²) in [6.07, 6.45) is 5.04. The quantitative estimate of drug-likeness (QED) is 0.364. The summed E-state index contributed by atoms with van der Waals surface area (Å²) in [7, 11) is 1.34. The van der Waals surface area contributed by atoms with Crippen molar-refractivity contribution >= 4 is 17.8 Å². The van der Waals surface area contributed by atoms with Gasteiger partial charge in [-0.3, -0.25) is 9.69 Å². The summed E-state index contributed by atoms with van der Waals surface area (Å²) in [5.41, 5.74) is 4.67. The van der Waals surface area contributed by atoms with Gasteiger partial charge in [0.2, 0.25) is 0 Å². The van der Waals surface area contributed by atoms with Crippen molar-refractivity contribution in [1.29, 1.82) is 0 Å². The molecule has 0 aromatic heterocycles. The Bertz CT molecular complexity index is 1240. The molecule has 0 amide bonds. The van der Waals surface area contributed by atoms with Gasteiger partial charge in [-0.2, -0.15) is 0 Å². The van der Waals surface area contributed by atoms with Gasteiger partial charge in [0, 0.05) is 38.6 Å². The van der Waals surface area contributed by atoms with Crippen molar-refractivity contribution in [1.82, 2.24) is 4.90 Å². The molecule has 3 aromatic rings. The Labute approximate surface area is 206 Å². The summed E-state index contributed by atoms with van der Waals surface area (Å²) in [6.45, 7) is 2.68. The number of ether oxygens (including phenoxy) is 2. The van der Waals surface area contributed by atoms with Crippen LogP contribution >= 0.6 is 0 Å². The van der Waals surface area contributed by atoms with Gasteiger partial charge in [-0.15, -0.1) is 0 Å². The molecule has 0 saturated carbocycles. The van der Waals surface area contributed by atoms with Crippen LogP contribution < -0.4 is 4.74 Å². The van der Waals surface area contributed by atoms with E-state index in [1.54, 1.807) is 12.1 Å². The molecule has 0 N–H and O–H groups in total. The molecule has 0 atom stereocenters. The third kappa shape index (κ3) is 5.20. The molecule has 5 nitrogen and oxygen atoms in total. The number of carbonyl (C=O) groups excluding carboxylic acids is 2. The van der Waals surface area contributed by atoms with E-state index in [9.17, 15) is 9.59 Å². The lowest BCUT2D eigenvalue weighted by atomic mass is 9.82. The minimum absolute atomic E-state index is 0.101. The molecule has 5 rings (SSSR count). The molecule has 0 unspecified atom stereocenters. The molecular formula is C30H29NO4. The van der Waals surface area contributed by atoms with Gasteiger partial charge in [-0.05, 0) is 40.5 Å². The molecule has 2 aliphatic heterocycles. The molecule has 1 saturated heterocycles. The molecule has 3 aromatic carbocycles. The minimum Gasteiger partial charge on any atom is -0.486 e. The monoisotopic (exact) mass is 467 g/mol. The number of hydrogen-bond acceptors (Lipinski definition) is 5. The van der Waals surface area contributed by atoms with Gasteiger partial charge in [0.25, 0.3) is 0 Å². The fourth-order valence-corrected chi connectivity index (χ4v) is 4.94. The fourth-order valence-electron chi connectivity index (χ4n) is 4.94. The first-order chi connectivity index (χ1) is 17.0. The lowest BCUT2D eigenvalue weighted by Crippen LogP contribution is -2.50. The Hall–Kier alpha value is -3.70. The van der Waals surface area contributed by atoms with Crippen LogP contribution in [0.15, 0.2) is 78.9 Å². The molecule has 2 heterocycles. The Kier molecular flexibility index (Phi) is 6.51. The first-order valence-corrected chi connectivity index (χ1v) is 12.0. The number of rotatable bonds is 5. The van der Waals surface area contributed by atoms with E-state index >= 15 is 0 Å². The highest BCUT2D eigenvalue weighted by Crippen LogP contribution is 2.40. The number of nitrogens with zero attached hydrogens (tertiary/aromatic N) is 1. The van der Waals surface area contributed by atoms with Gasteiger partial charge >= 0.3 is 5.97 Å². The number of ketones is 1. The smallest absolute Gasteiger partial charge is 0.330 e. The average molecular weight is 468 g/mol. The molecule has 1 fully saturated rings. The highest BCUT2D eigenvalue weighted by Gasteiger charge is 2.42. The number of Topliss-reactive ketones (excluding diaryl/α,β-unsaturated/α-hetero) is 1. The number of methoxy groups -OCH3 is 1. The van der Waals surface area contributed by atoms with Crippen molar-refractivity contribution in [2.24, 2.45) is 0 Å². The minimum atomic E-state index is -0.429. The zero-order valence-corrected chi connectivity index (χ0v) is 19.9. The topological polar surface area (TPSA) is 55.8 Å². The van der Waals surface area contributed by atoms with Gasteiger partial charge < -0.3 is 9.47 Å². The van der Waals surface area contributed by atoms with Gasteiger partial charge in [0.15, 0.2) is 5.78 Å². The maximum absolute atomic E-state index is 13.0. The summed E-state index contributed by atoms with van der Waals surface area (Å²) in [5, 5.41) is 0. The summed E-state index contributed by atoms with van der Waals surface area (Å²) in [6, 6.07) is 24.7. The van der Waals surface area contributed by atoms with E-state index in [1.165, 1.54) is 29.9 Å². The van der Waals surface area contributed by atoms with Crippen molar-refractivity contribution in [3.63, 3.8) is 0 Å². The number of likely N-dealkylation sites (tertiary alicyclic amines) is 1. The first kappa shape index (κ1) is 23.1. The summed E-state index contributed by atoms with van der Waals surface area (Å²) in [5.74, 6) is 0.314. The van der Waals surface area contributed by atoms with Crippen LogP contribution in [0, 0.1) is 0 Å². The van der Waals surface area contributed by atoms with Crippen LogP contribution in [0.4, 0.5) is 0 Å². The molecule has 2 aliphatic rings. The highest BCUT2D eigenvalue weighted by molar-refractivity contribution is 6.01. The predicted molar refractivity (Wildman–Crippen MR) is 136 cm³/mol. The van der Waals surface area contributed by atoms with Crippen LogP contribution in [-0.4, -0.2) is 42.5 Å². The third-order valence-corrected chi connectivity index (χ3v) is 6.96. The second-order valence-corrected chi connectivity index (χ2v) is 9.34. The van der Waals surface area contributed by atoms with Crippen molar-refractivity contribution in [3.8, 4) is 16.9 Å². The first-order valence-electron chi connectivity index (χ1n) is 12.0. The Morgan fingerprint density at radius 3 is 2.43 bits per heavy atom. The van der Waals surface area contributed by atoms with Crippen LogP contribution in [0.25, 0.3) is 17.2 Å². The molecule has 0 bridgehead atoms. The number of piperidine rings is 1. The Morgan fingerprint density at radius 2 is 1.71 bits per heavy atom. The normalized spacial score (nSPS) is 17.2. The van der Waals surface area contributed by atoms with Crippen molar-refractivity contribution in [3.05, 3.63) is 95.6 Å². The molecule has 1 spiro atoms. The summed E-state index contributed by atoms with van der Waals surface area (Å²) in [4.78, 5) is 26.8. The van der Waals surface area contributed by atoms with Crippen molar-refractivity contribution < 1.29 is 19.1 Å². The van der Waals surface area contributed by atoms with E-state index in [-0.39, 0.29) is 5.78 Å². The number of esters is 1. The van der Waals surface area contributed by atoms with Gasteiger partial charge in [-0.1, -0.05) is 60.7 Å². The summed E-state index contributed by atoms with van der Waals surface area (Å²) >= 11 is 0. The number of carbonyl (C=O) groups is 2. The zero-order chi connectivity index (χ0) is 24.3. The van der Waals surface area contributed by atoms with E-state index < -0.39 is 11.6 Å². The molecule has 5 heteroatoms. The SMILES string of the molecule is COC(=O)C=Cc1ccc2c(c1)C(=O)CC1(CCN(Cc3ccc(-c4ccccc4)cc3)CC1)O2. The molecule has 178 valence electrons. The van der Waals surface area contributed by atoms with Crippen LogP contribution in [-0.2, 0) is 16.1 Å². The number of benzene rings is 3. The average Bonchev–Trinajstić information content (AvgIpc) is 2.90. The lowest BCUT2D eigenvalue weighted by molar-refractivity contribution is -0.134. The van der Waals surface area contributed by atoms with E-state index in [1.807, 2.05) is 18.2 Å². The molecule has 0 aliphatic carbocycles. The van der Waals surface area contributed by atoms with Gasteiger partial charge in [-0.25, -0.2) is 4.79 Å². The number of fused-ring (bicyclic) bond motifs is 1. The van der Waals surface area contributed by atoms with Crippen LogP contribution in [0.5, 0.6) is 5.75 Å². The Morgan fingerprint density at radius 1 is 1.00 bits per heavy atom. The maximum Gasteiger partial charge on any atom is 0.330 e. The largest absolute Gasteiger partial charge is 0.486 e. The zero-order valence-electron chi connectivity index (χ0n) is 19.9. The van der Waals surface area contributed by atoms with Gasteiger partial charge in [0.1, 0.15) is 11.4 Å². The molecule has 35 heavy (non-hydrogen) atoms. The highest BCUT2D eigenvalue weighted by atomic mass is 16.5. The van der Waals surface area contributed by atoms with Crippen LogP contribution in [0.1, 0.15) is 40.7 Å². The van der Waals surface area contributed by atoms with E-state index in [2.05, 4.69) is 58.2 Å². The van der Waals surface area contributed by atoms with E-state index in [4.69, 9.17) is 4.74 Å². The van der Waals surface area contributed by atoms with Crippen LogP contribution in [0.2, 0.25) is 0 Å². The third-order valence-electron chi connectivity index (χ3n) is 6.96. The van der Waals surface area contributed by atoms with Crippen molar-refractivity contribution in [2.75, 3.05) is 20.2 Å². The van der Waals surface area contributed by atoms with Crippen molar-refractivity contribution in [2.45, 2.75) is 31.4 Å². The standard InChI is InChI=1S/C30H29NO4/c1-34-29(33)14-10-22-9-13-28-26(19-22)27(32)20-30(35-28)15-17-31(18-16-30)21-23-7-11-25(12-8-23)24-5-3-2-4-6-24/h2-14,19H,15-18,20-21H2,1H3. The molecule has 0 radical (unpaired) electrons. The van der Waals surface area contributed by atoms with E-state index in [0.717, 1.165) is 38.0 Å². The van der Waals surface area contributed by atoms with Crippen LogP contribution in [0.3, 0.4) is 0 Å². The van der Waals surface area contributed by atoms with Gasteiger partial charge in [0.05, 0.1) is 19.1 Å². The Balaban J connectivity index is 1.20. The fraction of sp³-hybridized carbons (Fsp3) is 0.267. The summed E-state index contributed by atoms with van der Waals surface area (Å²) < 4.78 is 11.1. The lowest BCUT2D eigenvalue weighted by Gasteiger charge is -2.44.